The molecule has 20 heavy (non-hydrogen) atoms. The van der Waals surface area contributed by atoms with E-state index in [0.29, 0.717) is 12.1 Å². The Morgan fingerprint density at radius 1 is 1.50 bits per heavy atom. The molecule has 1 aliphatic rings. The number of anilines is 1. The van der Waals surface area contributed by atoms with Crippen molar-refractivity contribution in [3.05, 3.63) is 29.8 Å². The molecule has 1 amide bonds. The fraction of sp³-hybridized carbons (Fsp3) is 0.562. The number of aliphatic hydroxyl groups is 1. The first kappa shape index (κ1) is 14.9. The van der Waals surface area contributed by atoms with Gasteiger partial charge in [0.05, 0.1) is 6.10 Å². The van der Waals surface area contributed by atoms with Crippen molar-refractivity contribution in [2.24, 2.45) is 0 Å². The van der Waals surface area contributed by atoms with Crippen LogP contribution in [0.2, 0.25) is 0 Å². The number of amides is 1. The Morgan fingerprint density at radius 2 is 2.35 bits per heavy atom. The first-order valence-electron chi connectivity index (χ1n) is 7.52. The molecule has 1 fully saturated rings. The first-order valence-corrected chi connectivity index (χ1v) is 7.52. The van der Waals surface area contributed by atoms with Crippen LogP contribution in [-0.4, -0.2) is 41.7 Å². The SMILES string of the molecule is CCCCNc1cccc(C(=O)N2CCCC(O)C2)c1. The van der Waals surface area contributed by atoms with Gasteiger partial charge in [-0.25, -0.2) is 0 Å². The summed E-state index contributed by atoms with van der Waals surface area (Å²) >= 11 is 0. The topological polar surface area (TPSA) is 52.6 Å². The second-order valence-corrected chi connectivity index (χ2v) is 5.41. The zero-order valence-electron chi connectivity index (χ0n) is 12.1. The van der Waals surface area contributed by atoms with E-state index in [1.54, 1.807) is 4.90 Å². The van der Waals surface area contributed by atoms with Gasteiger partial charge < -0.3 is 15.3 Å². The lowest BCUT2D eigenvalue weighted by Gasteiger charge is -2.30. The minimum atomic E-state index is -0.376. The molecule has 0 aromatic heterocycles. The molecule has 0 spiro atoms. The van der Waals surface area contributed by atoms with E-state index < -0.39 is 0 Å². The van der Waals surface area contributed by atoms with Crippen molar-refractivity contribution < 1.29 is 9.90 Å². The lowest BCUT2D eigenvalue weighted by Crippen LogP contribution is -2.42. The van der Waals surface area contributed by atoms with Gasteiger partial charge in [0.1, 0.15) is 0 Å². The van der Waals surface area contributed by atoms with Crippen molar-refractivity contribution in [1.82, 2.24) is 4.90 Å². The summed E-state index contributed by atoms with van der Waals surface area (Å²) < 4.78 is 0. The fourth-order valence-corrected chi connectivity index (χ4v) is 2.49. The van der Waals surface area contributed by atoms with E-state index in [-0.39, 0.29) is 12.0 Å². The molecule has 2 rings (SSSR count). The zero-order valence-corrected chi connectivity index (χ0v) is 12.1. The molecular formula is C16H24N2O2. The van der Waals surface area contributed by atoms with Gasteiger partial charge in [0.2, 0.25) is 0 Å². The van der Waals surface area contributed by atoms with E-state index in [0.717, 1.165) is 44.5 Å². The number of likely N-dealkylation sites (tertiary alicyclic amines) is 1. The number of carbonyl (C=O) groups excluding carboxylic acids is 1. The maximum absolute atomic E-state index is 12.4. The van der Waals surface area contributed by atoms with E-state index >= 15 is 0 Å². The summed E-state index contributed by atoms with van der Waals surface area (Å²) in [4.78, 5) is 14.2. The molecule has 0 radical (unpaired) electrons. The normalized spacial score (nSPS) is 18.9. The Morgan fingerprint density at radius 3 is 3.10 bits per heavy atom. The number of carbonyl (C=O) groups is 1. The van der Waals surface area contributed by atoms with E-state index in [2.05, 4.69) is 12.2 Å². The highest BCUT2D eigenvalue weighted by Gasteiger charge is 2.22. The molecule has 2 N–H and O–H groups in total. The minimum Gasteiger partial charge on any atom is -0.391 e. The van der Waals surface area contributed by atoms with Gasteiger partial charge in [0.25, 0.3) is 5.91 Å². The lowest BCUT2D eigenvalue weighted by molar-refractivity contribution is 0.0474. The van der Waals surface area contributed by atoms with Crippen molar-refractivity contribution in [2.75, 3.05) is 25.0 Å². The largest absolute Gasteiger partial charge is 0.391 e. The van der Waals surface area contributed by atoms with Gasteiger partial charge >= 0.3 is 0 Å². The molecule has 4 heteroatoms. The van der Waals surface area contributed by atoms with Gasteiger partial charge in [-0.05, 0) is 37.5 Å². The number of unbranched alkanes of at least 4 members (excludes halogenated alkanes) is 1. The Balaban J connectivity index is 2.00. The third-order valence-corrected chi connectivity index (χ3v) is 3.65. The summed E-state index contributed by atoms with van der Waals surface area (Å²) in [7, 11) is 0. The van der Waals surface area contributed by atoms with Crippen LogP contribution in [0.4, 0.5) is 5.69 Å². The maximum atomic E-state index is 12.4. The maximum Gasteiger partial charge on any atom is 0.254 e. The van der Waals surface area contributed by atoms with E-state index in [9.17, 15) is 9.90 Å². The monoisotopic (exact) mass is 276 g/mol. The average Bonchev–Trinajstić information content (AvgIpc) is 2.47. The number of hydrogen-bond donors (Lipinski definition) is 2. The summed E-state index contributed by atoms with van der Waals surface area (Å²) in [5.41, 5.74) is 1.68. The number of piperidine rings is 1. The number of nitrogens with one attached hydrogen (secondary N) is 1. The predicted molar refractivity (Wildman–Crippen MR) is 81.0 cm³/mol. The molecule has 110 valence electrons. The van der Waals surface area contributed by atoms with E-state index in [1.807, 2.05) is 24.3 Å². The van der Waals surface area contributed by atoms with E-state index in [4.69, 9.17) is 0 Å². The number of nitrogens with zero attached hydrogens (tertiary/aromatic N) is 1. The standard InChI is InChI=1S/C16H24N2O2/c1-2-3-9-17-14-7-4-6-13(11-14)16(20)18-10-5-8-15(19)12-18/h4,6-7,11,15,17,19H,2-3,5,8-10,12H2,1H3. The van der Waals surface area contributed by atoms with Gasteiger partial charge in [-0.3, -0.25) is 4.79 Å². The van der Waals surface area contributed by atoms with Crippen molar-refractivity contribution >= 4 is 11.6 Å². The van der Waals surface area contributed by atoms with Crippen LogP contribution in [-0.2, 0) is 0 Å². The van der Waals surface area contributed by atoms with Crippen LogP contribution in [0.15, 0.2) is 24.3 Å². The number of hydrogen-bond acceptors (Lipinski definition) is 3. The summed E-state index contributed by atoms with van der Waals surface area (Å²) in [6.07, 6.45) is 3.57. The van der Waals surface area contributed by atoms with Gasteiger partial charge in [0, 0.05) is 30.9 Å². The Kier molecular flexibility index (Phi) is 5.41. The zero-order chi connectivity index (χ0) is 14.4. The smallest absolute Gasteiger partial charge is 0.254 e. The summed E-state index contributed by atoms with van der Waals surface area (Å²) in [6.45, 7) is 4.27. The number of β-amino-alcohol motifs (C(OH)–C–C–N with tert-alkyl or cyclic N) is 1. The van der Waals surface area contributed by atoms with Gasteiger partial charge in [0.15, 0.2) is 0 Å². The quantitative estimate of drug-likeness (QED) is 0.812. The molecule has 1 aromatic carbocycles. The summed E-state index contributed by atoms with van der Waals surface area (Å²) in [5.74, 6) is 0.0166. The third-order valence-electron chi connectivity index (χ3n) is 3.65. The van der Waals surface area contributed by atoms with Crippen LogP contribution in [0, 0.1) is 0 Å². The molecule has 1 aliphatic heterocycles. The second kappa shape index (κ2) is 7.29. The highest BCUT2D eigenvalue weighted by Crippen LogP contribution is 2.16. The molecule has 4 nitrogen and oxygen atoms in total. The van der Waals surface area contributed by atoms with Crippen LogP contribution in [0.1, 0.15) is 43.0 Å². The van der Waals surface area contributed by atoms with Crippen LogP contribution < -0.4 is 5.32 Å². The van der Waals surface area contributed by atoms with Gasteiger partial charge in [-0.1, -0.05) is 19.4 Å². The molecule has 1 saturated heterocycles. The lowest BCUT2D eigenvalue weighted by atomic mass is 10.1. The molecule has 0 saturated carbocycles. The summed E-state index contributed by atoms with van der Waals surface area (Å²) in [5, 5.41) is 13.0. The highest BCUT2D eigenvalue weighted by molar-refractivity contribution is 5.95. The van der Waals surface area contributed by atoms with Gasteiger partial charge in [-0.2, -0.15) is 0 Å². The number of benzene rings is 1. The van der Waals surface area contributed by atoms with Crippen molar-refractivity contribution in [3.63, 3.8) is 0 Å². The molecule has 1 atom stereocenters. The van der Waals surface area contributed by atoms with Crippen LogP contribution in [0.25, 0.3) is 0 Å². The molecule has 1 aromatic rings. The first-order chi connectivity index (χ1) is 9.70. The minimum absolute atomic E-state index is 0.0166. The Hall–Kier alpha value is -1.55. The molecule has 1 unspecified atom stereocenters. The number of aliphatic hydroxyl groups excluding tert-OH is 1. The average molecular weight is 276 g/mol. The van der Waals surface area contributed by atoms with Crippen LogP contribution >= 0.6 is 0 Å². The Labute approximate surface area is 120 Å². The van der Waals surface area contributed by atoms with Crippen molar-refractivity contribution in [3.8, 4) is 0 Å². The third kappa shape index (κ3) is 3.97. The van der Waals surface area contributed by atoms with Crippen LogP contribution in [0.5, 0.6) is 0 Å². The van der Waals surface area contributed by atoms with Crippen LogP contribution in [0.3, 0.4) is 0 Å². The fourth-order valence-electron chi connectivity index (χ4n) is 2.49. The van der Waals surface area contributed by atoms with Gasteiger partial charge in [-0.15, -0.1) is 0 Å². The summed E-state index contributed by atoms with van der Waals surface area (Å²) in [6, 6.07) is 7.63. The molecule has 0 aliphatic carbocycles. The van der Waals surface area contributed by atoms with E-state index in [1.165, 1.54) is 0 Å². The van der Waals surface area contributed by atoms with Crippen molar-refractivity contribution in [2.45, 2.75) is 38.7 Å². The second-order valence-electron chi connectivity index (χ2n) is 5.41. The predicted octanol–water partition coefficient (Wildman–Crippen LogP) is 2.50. The molecular weight excluding hydrogens is 252 g/mol. The highest BCUT2D eigenvalue weighted by atomic mass is 16.3. The molecule has 1 heterocycles. The Bertz CT molecular complexity index is 448. The van der Waals surface area contributed by atoms with Crippen molar-refractivity contribution in [1.29, 1.82) is 0 Å². The molecule has 0 bridgehead atoms. The number of rotatable bonds is 5.